The molecule has 2 aliphatic rings. The Morgan fingerprint density at radius 3 is 2.88 bits per heavy atom. The highest BCUT2D eigenvalue weighted by molar-refractivity contribution is 6.30. The molecular formula is C18H18ClN3O3. The van der Waals surface area contributed by atoms with Crippen LogP contribution in [-0.4, -0.2) is 44.8 Å². The van der Waals surface area contributed by atoms with E-state index in [0.29, 0.717) is 23.7 Å². The second-order valence-corrected chi connectivity index (χ2v) is 7.30. The van der Waals surface area contributed by atoms with Gasteiger partial charge in [-0.2, -0.15) is 5.10 Å². The van der Waals surface area contributed by atoms with Gasteiger partial charge in [-0.25, -0.2) is 4.68 Å². The summed E-state index contributed by atoms with van der Waals surface area (Å²) in [7, 11) is 0. The minimum atomic E-state index is -0.783. The predicted octanol–water partition coefficient (Wildman–Crippen LogP) is 2.85. The minimum Gasteiger partial charge on any atom is -0.481 e. The van der Waals surface area contributed by atoms with E-state index in [1.807, 2.05) is 12.1 Å². The second kappa shape index (κ2) is 5.88. The Morgan fingerprint density at radius 2 is 2.16 bits per heavy atom. The third-order valence-electron chi connectivity index (χ3n) is 5.46. The lowest BCUT2D eigenvalue weighted by molar-refractivity contribution is -0.149. The zero-order valence-electron chi connectivity index (χ0n) is 13.6. The van der Waals surface area contributed by atoms with Crippen LogP contribution in [0.15, 0.2) is 36.5 Å². The molecule has 0 spiro atoms. The van der Waals surface area contributed by atoms with Crippen molar-refractivity contribution < 1.29 is 14.7 Å². The van der Waals surface area contributed by atoms with Crippen LogP contribution < -0.4 is 0 Å². The van der Waals surface area contributed by atoms with Gasteiger partial charge in [0.1, 0.15) is 0 Å². The molecule has 1 aromatic heterocycles. The van der Waals surface area contributed by atoms with Gasteiger partial charge in [0.2, 0.25) is 0 Å². The van der Waals surface area contributed by atoms with Gasteiger partial charge in [-0.3, -0.25) is 9.59 Å². The van der Waals surface area contributed by atoms with Crippen molar-refractivity contribution in [3.63, 3.8) is 0 Å². The summed E-state index contributed by atoms with van der Waals surface area (Å²) in [6.07, 6.45) is 4.14. The van der Waals surface area contributed by atoms with Crippen LogP contribution in [0.5, 0.6) is 0 Å². The molecule has 130 valence electrons. The van der Waals surface area contributed by atoms with E-state index in [1.54, 1.807) is 34.0 Å². The highest BCUT2D eigenvalue weighted by Gasteiger charge is 2.55. The van der Waals surface area contributed by atoms with Crippen LogP contribution in [0, 0.1) is 11.3 Å². The number of carbonyl (C=O) groups excluding carboxylic acids is 1. The van der Waals surface area contributed by atoms with Crippen molar-refractivity contribution in [2.75, 3.05) is 13.1 Å². The van der Waals surface area contributed by atoms with E-state index in [2.05, 4.69) is 5.10 Å². The summed E-state index contributed by atoms with van der Waals surface area (Å²) in [5.74, 6) is -0.950. The highest BCUT2D eigenvalue weighted by Crippen LogP contribution is 2.49. The molecule has 1 N–H and O–H groups in total. The van der Waals surface area contributed by atoms with E-state index in [9.17, 15) is 14.7 Å². The first-order valence-electron chi connectivity index (χ1n) is 8.34. The number of likely N-dealkylation sites (tertiary alicyclic amines) is 1. The van der Waals surface area contributed by atoms with Gasteiger partial charge in [-0.1, -0.05) is 24.1 Å². The summed E-state index contributed by atoms with van der Waals surface area (Å²) in [5.41, 5.74) is 0.317. The molecule has 2 aromatic rings. The van der Waals surface area contributed by atoms with Crippen LogP contribution in [0.1, 0.15) is 29.8 Å². The quantitative estimate of drug-likeness (QED) is 0.914. The molecule has 7 heteroatoms. The van der Waals surface area contributed by atoms with Gasteiger partial charge in [0, 0.05) is 24.3 Å². The summed E-state index contributed by atoms with van der Waals surface area (Å²) in [6.45, 7) is 0.769. The van der Waals surface area contributed by atoms with Gasteiger partial charge < -0.3 is 10.0 Å². The maximum Gasteiger partial charge on any atom is 0.311 e. The van der Waals surface area contributed by atoms with Crippen molar-refractivity contribution in [3.8, 4) is 5.69 Å². The zero-order chi connectivity index (χ0) is 17.6. The largest absolute Gasteiger partial charge is 0.481 e. The number of hydrogen-bond acceptors (Lipinski definition) is 3. The Bertz CT molecular complexity index is 850. The average molecular weight is 360 g/mol. The van der Waals surface area contributed by atoms with E-state index in [1.165, 1.54) is 0 Å². The van der Waals surface area contributed by atoms with Crippen molar-refractivity contribution in [3.05, 3.63) is 47.2 Å². The first-order valence-corrected chi connectivity index (χ1v) is 8.72. The molecule has 25 heavy (non-hydrogen) atoms. The maximum absolute atomic E-state index is 12.8. The molecule has 1 aliphatic heterocycles. The van der Waals surface area contributed by atoms with Gasteiger partial charge in [0.05, 0.1) is 11.1 Å². The molecule has 2 fully saturated rings. The predicted molar refractivity (Wildman–Crippen MR) is 91.9 cm³/mol. The monoisotopic (exact) mass is 359 g/mol. The molecule has 0 unspecified atom stereocenters. The third kappa shape index (κ3) is 2.61. The molecule has 1 saturated heterocycles. The number of carbonyl (C=O) groups is 2. The fraction of sp³-hybridized carbons (Fsp3) is 0.389. The van der Waals surface area contributed by atoms with Crippen LogP contribution in [-0.2, 0) is 4.79 Å². The molecule has 1 aromatic carbocycles. The Kier molecular flexibility index (Phi) is 3.80. The lowest BCUT2D eigenvalue weighted by atomic mass is 9.81. The lowest BCUT2D eigenvalue weighted by Crippen LogP contribution is -2.37. The molecule has 1 saturated carbocycles. The van der Waals surface area contributed by atoms with Crippen molar-refractivity contribution in [2.24, 2.45) is 11.3 Å². The number of nitrogens with zero attached hydrogens (tertiary/aromatic N) is 3. The summed E-state index contributed by atoms with van der Waals surface area (Å²) in [6, 6.07) is 8.87. The number of carboxylic acids is 1. The zero-order valence-corrected chi connectivity index (χ0v) is 14.3. The Balaban J connectivity index is 1.56. The van der Waals surface area contributed by atoms with Gasteiger partial charge >= 0.3 is 5.97 Å². The summed E-state index contributed by atoms with van der Waals surface area (Å²) >= 11 is 6.00. The fourth-order valence-corrected chi connectivity index (χ4v) is 4.34. The second-order valence-electron chi connectivity index (χ2n) is 6.86. The summed E-state index contributed by atoms with van der Waals surface area (Å²) in [4.78, 5) is 26.2. The summed E-state index contributed by atoms with van der Waals surface area (Å²) in [5, 5.41) is 14.6. The first kappa shape index (κ1) is 16.1. The molecule has 1 amide bonds. The molecule has 2 atom stereocenters. The standard InChI is InChI=1S/C18H18ClN3O3/c19-13-4-1-5-14(9-13)22-8-6-15(20-22)16(23)21-10-12-3-2-7-18(12,11-21)17(24)25/h1,4-6,8-9,12H,2-3,7,10-11H2,(H,24,25)/t12-,18+/m0/s1. The van der Waals surface area contributed by atoms with E-state index in [-0.39, 0.29) is 18.4 Å². The first-order chi connectivity index (χ1) is 12.0. The number of amides is 1. The molecule has 1 aliphatic carbocycles. The molecule has 4 rings (SSSR count). The van der Waals surface area contributed by atoms with Gasteiger partial charge in [-0.15, -0.1) is 0 Å². The number of rotatable bonds is 3. The summed E-state index contributed by atoms with van der Waals surface area (Å²) < 4.78 is 1.60. The Hall–Kier alpha value is -2.34. The molecule has 6 nitrogen and oxygen atoms in total. The van der Waals surface area contributed by atoms with Crippen LogP contribution >= 0.6 is 11.6 Å². The molecule has 2 heterocycles. The van der Waals surface area contributed by atoms with E-state index >= 15 is 0 Å². The number of fused-ring (bicyclic) bond motifs is 1. The maximum atomic E-state index is 12.8. The highest BCUT2D eigenvalue weighted by atomic mass is 35.5. The normalized spacial score (nSPS) is 25.2. The number of aliphatic carboxylic acids is 1. The SMILES string of the molecule is O=C(c1ccn(-c2cccc(Cl)c2)n1)N1C[C@@H]2CCC[C@@]2(C(=O)O)C1. The third-order valence-corrected chi connectivity index (χ3v) is 5.70. The minimum absolute atomic E-state index is 0.0453. The fourth-order valence-electron chi connectivity index (χ4n) is 4.16. The van der Waals surface area contributed by atoms with E-state index in [4.69, 9.17) is 11.6 Å². The molecular weight excluding hydrogens is 342 g/mol. The van der Waals surface area contributed by atoms with Gasteiger partial charge in [-0.05, 0) is 43.0 Å². The molecule has 0 bridgehead atoms. The smallest absolute Gasteiger partial charge is 0.311 e. The van der Waals surface area contributed by atoms with E-state index < -0.39 is 11.4 Å². The van der Waals surface area contributed by atoms with Crippen molar-refractivity contribution >= 4 is 23.5 Å². The van der Waals surface area contributed by atoms with Crippen molar-refractivity contribution in [1.29, 1.82) is 0 Å². The van der Waals surface area contributed by atoms with Crippen LogP contribution in [0.25, 0.3) is 5.69 Å². The van der Waals surface area contributed by atoms with Crippen LogP contribution in [0.3, 0.4) is 0 Å². The topological polar surface area (TPSA) is 75.4 Å². The van der Waals surface area contributed by atoms with Crippen molar-refractivity contribution in [2.45, 2.75) is 19.3 Å². The van der Waals surface area contributed by atoms with Crippen LogP contribution in [0.2, 0.25) is 5.02 Å². The number of hydrogen-bond donors (Lipinski definition) is 1. The van der Waals surface area contributed by atoms with Crippen molar-refractivity contribution in [1.82, 2.24) is 14.7 Å². The lowest BCUT2D eigenvalue weighted by Gasteiger charge is -2.23. The Morgan fingerprint density at radius 1 is 1.32 bits per heavy atom. The van der Waals surface area contributed by atoms with E-state index in [0.717, 1.165) is 18.5 Å². The molecule has 0 radical (unpaired) electrons. The number of halogens is 1. The number of benzene rings is 1. The number of carboxylic acid groups (broad SMARTS) is 1. The number of aromatic nitrogens is 2. The van der Waals surface area contributed by atoms with Crippen LogP contribution in [0.4, 0.5) is 0 Å². The average Bonchev–Trinajstić information content (AvgIpc) is 3.28. The van der Waals surface area contributed by atoms with Gasteiger partial charge in [0.15, 0.2) is 5.69 Å². The van der Waals surface area contributed by atoms with Gasteiger partial charge in [0.25, 0.3) is 5.91 Å². The Labute approximate surface area is 150 Å².